The standard InChI is InChI=1S/C20H28F3N3O2.2ClH/c21-20(22,23)17-4-2-16(3-5-17)18(26-9-11-28-12-10-26)14-25-19(27)6-1-15-7-8-24-13-15;;/h2-5,15,18,24H,1,6-14H2,(H,25,27);2*1H. The number of rotatable bonds is 7. The average molecular weight is 472 g/mol. The molecule has 0 saturated carbocycles. The molecular weight excluding hydrogens is 442 g/mol. The SMILES string of the molecule is Cl.Cl.O=C(CCC1CCNC1)NCC(c1ccc(C(F)(F)F)cc1)N1CCOCC1. The Morgan fingerprint density at radius 3 is 2.43 bits per heavy atom. The number of nitrogens with one attached hydrogen (secondary N) is 2. The van der Waals surface area contributed by atoms with Crippen LogP contribution < -0.4 is 10.6 Å². The van der Waals surface area contributed by atoms with Crippen molar-refractivity contribution < 1.29 is 22.7 Å². The Kier molecular flexibility index (Phi) is 11.4. The van der Waals surface area contributed by atoms with E-state index in [4.69, 9.17) is 4.74 Å². The quantitative estimate of drug-likeness (QED) is 0.639. The van der Waals surface area contributed by atoms with Gasteiger partial charge in [-0.2, -0.15) is 13.2 Å². The second kappa shape index (κ2) is 12.7. The van der Waals surface area contributed by atoms with Gasteiger partial charge < -0.3 is 15.4 Å². The van der Waals surface area contributed by atoms with E-state index >= 15 is 0 Å². The molecule has 172 valence electrons. The third-order valence-corrected chi connectivity index (χ3v) is 5.54. The third-order valence-electron chi connectivity index (χ3n) is 5.54. The smallest absolute Gasteiger partial charge is 0.379 e. The number of alkyl halides is 3. The van der Waals surface area contributed by atoms with Gasteiger partial charge in [0, 0.05) is 26.1 Å². The van der Waals surface area contributed by atoms with Gasteiger partial charge in [-0.05, 0) is 49.5 Å². The number of carbonyl (C=O) groups excluding carboxylic acids is 1. The van der Waals surface area contributed by atoms with Crippen molar-refractivity contribution in [2.45, 2.75) is 31.5 Å². The molecule has 2 N–H and O–H groups in total. The highest BCUT2D eigenvalue weighted by molar-refractivity contribution is 5.85. The van der Waals surface area contributed by atoms with E-state index in [-0.39, 0.29) is 36.8 Å². The Bertz CT molecular complexity index is 635. The molecule has 2 heterocycles. The minimum Gasteiger partial charge on any atom is -0.379 e. The molecule has 2 unspecified atom stereocenters. The Balaban J connectivity index is 0.00000225. The summed E-state index contributed by atoms with van der Waals surface area (Å²) in [5.41, 5.74) is 0.112. The van der Waals surface area contributed by atoms with Crippen LogP contribution in [-0.4, -0.2) is 56.7 Å². The molecule has 2 saturated heterocycles. The number of hydrogen-bond donors (Lipinski definition) is 2. The van der Waals surface area contributed by atoms with Crippen LogP contribution in [0, 0.1) is 5.92 Å². The maximum Gasteiger partial charge on any atom is 0.416 e. The van der Waals surface area contributed by atoms with E-state index in [2.05, 4.69) is 15.5 Å². The highest BCUT2D eigenvalue weighted by atomic mass is 35.5. The fourth-order valence-electron chi connectivity index (χ4n) is 3.84. The fourth-order valence-corrected chi connectivity index (χ4v) is 3.84. The number of halogens is 5. The molecule has 2 fully saturated rings. The summed E-state index contributed by atoms with van der Waals surface area (Å²) in [6.45, 7) is 4.91. The third kappa shape index (κ3) is 7.89. The van der Waals surface area contributed by atoms with Gasteiger partial charge in [-0.3, -0.25) is 9.69 Å². The lowest BCUT2D eigenvalue weighted by molar-refractivity contribution is -0.137. The lowest BCUT2D eigenvalue weighted by Crippen LogP contribution is -2.43. The van der Waals surface area contributed by atoms with E-state index in [0.29, 0.717) is 45.2 Å². The van der Waals surface area contributed by atoms with Crippen LogP contribution in [0.2, 0.25) is 0 Å². The van der Waals surface area contributed by atoms with Gasteiger partial charge >= 0.3 is 6.18 Å². The van der Waals surface area contributed by atoms with Gasteiger partial charge in [0.05, 0.1) is 24.8 Å². The summed E-state index contributed by atoms with van der Waals surface area (Å²) < 4.78 is 43.9. The van der Waals surface area contributed by atoms with Gasteiger partial charge in [0.25, 0.3) is 0 Å². The zero-order chi connectivity index (χ0) is 20.0. The van der Waals surface area contributed by atoms with Crippen LogP contribution in [0.5, 0.6) is 0 Å². The van der Waals surface area contributed by atoms with Crippen LogP contribution in [0.25, 0.3) is 0 Å². The lowest BCUT2D eigenvalue weighted by atomic mass is 10.0. The number of benzene rings is 1. The van der Waals surface area contributed by atoms with Gasteiger partial charge in [-0.1, -0.05) is 12.1 Å². The van der Waals surface area contributed by atoms with Crippen molar-refractivity contribution >= 4 is 30.7 Å². The summed E-state index contributed by atoms with van der Waals surface area (Å²) >= 11 is 0. The maximum absolute atomic E-state index is 12.9. The zero-order valence-electron chi connectivity index (χ0n) is 16.7. The summed E-state index contributed by atoms with van der Waals surface area (Å²) in [5.74, 6) is 0.549. The van der Waals surface area contributed by atoms with Gasteiger partial charge in [0.1, 0.15) is 0 Å². The molecule has 1 amide bonds. The molecule has 0 bridgehead atoms. The minimum atomic E-state index is -4.35. The predicted octanol–water partition coefficient (Wildman–Crippen LogP) is 3.43. The Labute approximate surface area is 187 Å². The lowest BCUT2D eigenvalue weighted by Gasteiger charge is -2.35. The molecule has 0 aliphatic carbocycles. The molecule has 30 heavy (non-hydrogen) atoms. The number of hydrogen-bond acceptors (Lipinski definition) is 4. The summed E-state index contributed by atoms with van der Waals surface area (Å²) in [4.78, 5) is 14.4. The molecule has 2 aliphatic heterocycles. The van der Waals surface area contributed by atoms with E-state index < -0.39 is 11.7 Å². The van der Waals surface area contributed by atoms with E-state index in [9.17, 15) is 18.0 Å². The topological polar surface area (TPSA) is 53.6 Å². The van der Waals surface area contributed by atoms with Crippen molar-refractivity contribution in [1.29, 1.82) is 0 Å². The molecule has 1 aromatic carbocycles. The van der Waals surface area contributed by atoms with Gasteiger partial charge in [0.2, 0.25) is 5.91 Å². The summed E-state index contributed by atoms with van der Waals surface area (Å²) in [7, 11) is 0. The van der Waals surface area contributed by atoms with Crippen LogP contribution in [0.3, 0.4) is 0 Å². The first-order chi connectivity index (χ1) is 13.4. The average Bonchev–Trinajstić information content (AvgIpc) is 3.21. The van der Waals surface area contributed by atoms with Crippen LogP contribution in [0.15, 0.2) is 24.3 Å². The summed E-state index contributed by atoms with van der Waals surface area (Å²) in [6.07, 6.45) is -1.90. The van der Waals surface area contributed by atoms with Crippen molar-refractivity contribution in [3.05, 3.63) is 35.4 Å². The molecule has 1 aromatic rings. The van der Waals surface area contributed by atoms with Crippen molar-refractivity contribution in [3.8, 4) is 0 Å². The number of carbonyl (C=O) groups is 1. The molecule has 2 atom stereocenters. The maximum atomic E-state index is 12.9. The molecule has 3 rings (SSSR count). The van der Waals surface area contributed by atoms with Gasteiger partial charge in [-0.15, -0.1) is 24.8 Å². The number of morpholine rings is 1. The highest BCUT2D eigenvalue weighted by Gasteiger charge is 2.31. The number of ether oxygens (including phenoxy) is 1. The molecule has 5 nitrogen and oxygen atoms in total. The first kappa shape index (κ1) is 27.0. The van der Waals surface area contributed by atoms with E-state index in [1.54, 1.807) is 0 Å². The molecular formula is C20H30Cl2F3N3O2. The van der Waals surface area contributed by atoms with Crippen molar-refractivity contribution in [3.63, 3.8) is 0 Å². The van der Waals surface area contributed by atoms with Crippen molar-refractivity contribution in [2.75, 3.05) is 45.9 Å². The van der Waals surface area contributed by atoms with Crippen molar-refractivity contribution in [2.24, 2.45) is 5.92 Å². The van der Waals surface area contributed by atoms with Crippen LogP contribution in [0.4, 0.5) is 13.2 Å². The predicted molar refractivity (Wildman–Crippen MR) is 114 cm³/mol. The van der Waals surface area contributed by atoms with Gasteiger partial charge in [0.15, 0.2) is 0 Å². The normalized spacial score (nSPS) is 20.7. The molecule has 0 aromatic heterocycles. The first-order valence-corrected chi connectivity index (χ1v) is 9.90. The van der Waals surface area contributed by atoms with E-state index in [1.807, 2.05) is 0 Å². The Morgan fingerprint density at radius 1 is 1.20 bits per heavy atom. The van der Waals surface area contributed by atoms with Crippen LogP contribution in [-0.2, 0) is 15.7 Å². The Morgan fingerprint density at radius 2 is 1.87 bits per heavy atom. The minimum absolute atomic E-state index is 0. The van der Waals surface area contributed by atoms with Gasteiger partial charge in [-0.25, -0.2) is 0 Å². The zero-order valence-corrected chi connectivity index (χ0v) is 18.4. The number of amides is 1. The molecule has 10 heteroatoms. The van der Waals surface area contributed by atoms with E-state index in [0.717, 1.165) is 43.6 Å². The molecule has 0 radical (unpaired) electrons. The van der Waals surface area contributed by atoms with Crippen LogP contribution in [0.1, 0.15) is 36.4 Å². The number of nitrogens with zero attached hydrogens (tertiary/aromatic N) is 1. The Hall–Kier alpha value is -1.06. The largest absolute Gasteiger partial charge is 0.416 e. The van der Waals surface area contributed by atoms with Crippen LogP contribution >= 0.6 is 24.8 Å². The fraction of sp³-hybridized carbons (Fsp3) is 0.650. The van der Waals surface area contributed by atoms with Crippen molar-refractivity contribution in [1.82, 2.24) is 15.5 Å². The molecule has 2 aliphatic rings. The summed E-state index contributed by atoms with van der Waals surface area (Å²) in [6, 6.07) is 5.08. The monoisotopic (exact) mass is 471 g/mol. The summed E-state index contributed by atoms with van der Waals surface area (Å²) in [5, 5.41) is 6.28. The molecule has 0 spiro atoms. The second-order valence-corrected chi connectivity index (χ2v) is 7.49. The second-order valence-electron chi connectivity index (χ2n) is 7.49. The van der Waals surface area contributed by atoms with E-state index in [1.165, 1.54) is 12.1 Å². The highest BCUT2D eigenvalue weighted by Crippen LogP contribution is 2.31. The first-order valence-electron chi connectivity index (χ1n) is 9.90.